The highest BCUT2D eigenvalue weighted by atomic mass is 19.4. The molecule has 4 aromatic rings. The number of anilines is 2. The Hall–Kier alpha value is -5.20. The van der Waals surface area contributed by atoms with Gasteiger partial charge < -0.3 is 20.6 Å². The van der Waals surface area contributed by atoms with Crippen molar-refractivity contribution in [1.82, 2.24) is 25.5 Å². The number of nitrogens with zero attached hydrogens (tertiary/aromatic N) is 4. The number of rotatable bonds is 7. The van der Waals surface area contributed by atoms with Crippen LogP contribution in [0.15, 0.2) is 65.5 Å². The predicted molar refractivity (Wildman–Crippen MR) is 172 cm³/mol. The third-order valence-electron chi connectivity index (χ3n) is 8.43. The lowest BCUT2D eigenvalue weighted by atomic mass is 9.95. The zero-order chi connectivity index (χ0) is 33.0. The van der Waals surface area contributed by atoms with Crippen molar-refractivity contribution in [1.29, 1.82) is 5.26 Å². The lowest BCUT2D eigenvalue weighted by Gasteiger charge is -2.28. The fourth-order valence-corrected chi connectivity index (χ4v) is 5.75. The molecule has 9 nitrogen and oxygen atoms in total. The van der Waals surface area contributed by atoms with Gasteiger partial charge in [0.25, 0.3) is 5.56 Å². The number of nitriles is 1. The van der Waals surface area contributed by atoms with Crippen molar-refractivity contribution < 1.29 is 13.2 Å². The highest BCUT2D eigenvalue weighted by molar-refractivity contribution is 5.99. The van der Waals surface area contributed by atoms with Gasteiger partial charge in [0, 0.05) is 48.6 Å². The lowest BCUT2D eigenvalue weighted by Crippen LogP contribution is -2.52. The average Bonchev–Trinajstić information content (AvgIpc) is 3.70. The number of terminal acetylenes is 1. The number of alkyl halides is 3. The summed E-state index contributed by atoms with van der Waals surface area (Å²) in [6, 6.07) is 12.0. The van der Waals surface area contributed by atoms with Crippen molar-refractivity contribution in [3.8, 4) is 18.4 Å². The van der Waals surface area contributed by atoms with Gasteiger partial charge in [0.1, 0.15) is 6.07 Å². The number of aryl methyl sites for hydroxylation is 1. The van der Waals surface area contributed by atoms with E-state index in [0.717, 1.165) is 5.01 Å². The Balaban J connectivity index is 1.52. The molecule has 1 aliphatic carbocycles. The molecule has 0 saturated heterocycles. The smallest absolute Gasteiger partial charge is 0.383 e. The zero-order valence-electron chi connectivity index (χ0n) is 25.8. The van der Waals surface area contributed by atoms with Gasteiger partial charge in [-0.1, -0.05) is 38.8 Å². The molecule has 6 rings (SSSR count). The van der Waals surface area contributed by atoms with E-state index in [-0.39, 0.29) is 29.4 Å². The first kappa shape index (κ1) is 30.8. The van der Waals surface area contributed by atoms with Crippen LogP contribution in [0.5, 0.6) is 0 Å². The van der Waals surface area contributed by atoms with Crippen LogP contribution in [0.4, 0.5) is 24.5 Å². The molecular formula is C34H33F3N8O. The molecular weight excluding hydrogens is 593 g/mol. The number of benzene rings is 2. The summed E-state index contributed by atoms with van der Waals surface area (Å²) in [5, 5.41) is 19.8. The van der Waals surface area contributed by atoms with E-state index in [1.54, 1.807) is 43.7 Å². The van der Waals surface area contributed by atoms with Gasteiger partial charge in [0.15, 0.2) is 5.54 Å². The Morgan fingerprint density at radius 3 is 2.54 bits per heavy atom. The van der Waals surface area contributed by atoms with Crippen LogP contribution in [0.3, 0.4) is 0 Å². The third-order valence-corrected chi connectivity index (χ3v) is 8.43. The van der Waals surface area contributed by atoms with Crippen molar-refractivity contribution in [2.75, 3.05) is 17.2 Å². The second-order valence-electron chi connectivity index (χ2n) is 13.0. The summed E-state index contributed by atoms with van der Waals surface area (Å²) in [7, 11) is 1.65. The van der Waals surface area contributed by atoms with Crippen LogP contribution >= 0.6 is 0 Å². The van der Waals surface area contributed by atoms with Crippen LogP contribution < -0.4 is 27.2 Å². The standard InChI is InChI=1S/C34H33F3N8O/c1-6-20-17-39-29-21(16-38)14-22(15-26(29)28(20)40-19-32(2,3)4)41-30(24-8-7-9-25-23(24)10-13-44(5)31(25)46)27-18-45(43-42-27)33(11-12-33)34(35,36)37/h1,7-10,13-15,17-18,30,41-43H,11-12,19H2,2-5H3,(H,39,40)/t30-/m0/s1. The fourth-order valence-electron chi connectivity index (χ4n) is 5.75. The van der Waals surface area contributed by atoms with Crippen molar-refractivity contribution in [3.63, 3.8) is 0 Å². The minimum Gasteiger partial charge on any atom is -0.383 e. The number of hydrazine groups is 2. The van der Waals surface area contributed by atoms with Gasteiger partial charge in [-0.05, 0) is 53.5 Å². The number of pyridine rings is 2. The second-order valence-corrected chi connectivity index (χ2v) is 13.0. The lowest BCUT2D eigenvalue weighted by molar-refractivity contribution is -0.195. The number of hydrogen-bond acceptors (Lipinski definition) is 8. The van der Waals surface area contributed by atoms with E-state index in [0.29, 0.717) is 56.4 Å². The second kappa shape index (κ2) is 11.0. The zero-order valence-corrected chi connectivity index (χ0v) is 25.8. The summed E-state index contributed by atoms with van der Waals surface area (Å²) in [4.78, 5) is 17.5. The summed E-state index contributed by atoms with van der Waals surface area (Å²) in [5.41, 5.74) is 6.81. The highest BCUT2D eigenvalue weighted by Crippen LogP contribution is 2.54. The molecule has 0 amide bonds. The van der Waals surface area contributed by atoms with Crippen LogP contribution in [-0.2, 0) is 7.05 Å². The van der Waals surface area contributed by atoms with E-state index in [2.05, 4.69) is 59.3 Å². The van der Waals surface area contributed by atoms with E-state index in [4.69, 9.17) is 6.42 Å². The molecule has 1 fully saturated rings. The largest absolute Gasteiger partial charge is 0.413 e. The Morgan fingerprint density at radius 1 is 1.13 bits per heavy atom. The molecule has 0 bridgehead atoms. The topological polar surface area (TPSA) is 110 Å². The van der Waals surface area contributed by atoms with Gasteiger partial charge in [0.05, 0.1) is 34.1 Å². The Kier molecular flexibility index (Phi) is 7.37. The van der Waals surface area contributed by atoms with Gasteiger partial charge in [-0.2, -0.15) is 18.4 Å². The maximum atomic E-state index is 14.1. The summed E-state index contributed by atoms with van der Waals surface area (Å²) in [5.74, 6) is 2.67. The fraction of sp³-hybridized carbons (Fsp3) is 0.324. The van der Waals surface area contributed by atoms with Gasteiger partial charge in [0.2, 0.25) is 0 Å². The Morgan fingerprint density at radius 2 is 1.89 bits per heavy atom. The maximum absolute atomic E-state index is 14.1. The molecule has 2 aromatic carbocycles. The molecule has 2 aliphatic rings. The molecule has 4 N–H and O–H groups in total. The Bertz CT molecular complexity index is 2040. The summed E-state index contributed by atoms with van der Waals surface area (Å²) >= 11 is 0. The highest BCUT2D eigenvalue weighted by Gasteiger charge is 2.67. The van der Waals surface area contributed by atoms with Crippen molar-refractivity contribution in [3.05, 3.63) is 87.7 Å². The molecule has 46 heavy (non-hydrogen) atoms. The number of halogens is 3. The molecule has 236 valence electrons. The van der Waals surface area contributed by atoms with Crippen LogP contribution in [-0.4, -0.2) is 32.8 Å². The third kappa shape index (κ3) is 5.35. The quantitative estimate of drug-likeness (QED) is 0.190. The number of hydrogen-bond donors (Lipinski definition) is 4. The molecule has 2 aromatic heterocycles. The molecule has 1 aliphatic heterocycles. The summed E-state index contributed by atoms with van der Waals surface area (Å²) in [6.45, 7) is 6.84. The molecule has 1 saturated carbocycles. The van der Waals surface area contributed by atoms with Gasteiger partial charge in [-0.3, -0.25) is 14.8 Å². The predicted octanol–water partition coefficient (Wildman–Crippen LogP) is 5.81. The monoisotopic (exact) mass is 626 g/mol. The maximum Gasteiger partial charge on any atom is 0.413 e. The molecule has 1 atom stereocenters. The van der Waals surface area contributed by atoms with Gasteiger partial charge >= 0.3 is 6.18 Å². The van der Waals surface area contributed by atoms with Crippen LogP contribution in [0.1, 0.15) is 56.3 Å². The minimum atomic E-state index is -4.44. The summed E-state index contributed by atoms with van der Waals surface area (Å²) in [6.07, 6.45) is 5.95. The van der Waals surface area contributed by atoms with E-state index < -0.39 is 17.8 Å². The first-order chi connectivity index (χ1) is 21.8. The van der Waals surface area contributed by atoms with Crippen molar-refractivity contribution >= 4 is 33.1 Å². The van der Waals surface area contributed by atoms with Crippen molar-refractivity contribution in [2.45, 2.75) is 51.4 Å². The normalized spacial score (nSPS) is 16.4. The van der Waals surface area contributed by atoms with Gasteiger partial charge in [-0.25, -0.2) is 0 Å². The van der Waals surface area contributed by atoms with Crippen LogP contribution in [0.2, 0.25) is 0 Å². The molecule has 0 unspecified atom stereocenters. The van der Waals surface area contributed by atoms with E-state index in [9.17, 15) is 23.2 Å². The van der Waals surface area contributed by atoms with Gasteiger partial charge in [-0.15, -0.1) is 12.0 Å². The first-order valence-electron chi connectivity index (χ1n) is 14.8. The minimum absolute atomic E-state index is 0.0393. The number of nitrogens with one attached hydrogen (secondary N) is 4. The van der Waals surface area contributed by atoms with Crippen LogP contribution in [0, 0.1) is 29.1 Å². The SMILES string of the molecule is C#Cc1cnc2c(C#N)cc(N[C@H](C3=CN(C4(C(F)(F)F)CC4)NN3)c3cccc4c(=O)n(C)ccc34)cc2c1NCC(C)(C)C. The molecule has 3 heterocycles. The van der Waals surface area contributed by atoms with Crippen LogP contribution in [0.25, 0.3) is 21.7 Å². The van der Waals surface area contributed by atoms with Crippen molar-refractivity contribution in [2.24, 2.45) is 12.5 Å². The first-order valence-corrected chi connectivity index (χ1v) is 14.8. The molecule has 12 heteroatoms. The summed E-state index contributed by atoms with van der Waals surface area (Å²) < 4.78 is 43.6. The van der Waals surface area contributed by atoms with E-state index >= 15 is 0 Å². The van der Waals surface area contributed by atoms with E-state index in [1.807, 2.05) is 12.1 Å². The number of aromatic nitrogens is 2. The molecule has 0 radical (unpaired) electrons. The number of fused-ring (bicyclic) bond motifs is 2. The Labute approximate surface area is 264 Å². The average molecular weight is 627 g/mol. The molecule has 0 spiro atoms. The van der Waals surface area contributed by atoms with E-state index in [1.165, 1.54) is 10.8 Å².